The van der Waals surface area contributed by atoms with E-state index in [0.29, 0.717) is 17.6 Å². The van der Waals surface area contributed by atoms with Gasteiger partial charge in [-0.2, -0.15) is 4.98 Å². The lowest BCUT2D eigenvalue weighted by Gasteiger charge is -2.15. The van der Waals surface area contributed by atoms with E-state index in [2.05, 4.69) is 23.8 Å². The molecule has 0 amide bonds. The Labute approximate surface area is 102 Å². The van der Waals surface area contributed by atoms with Crippen LogP contribution in [-0.4, -0.2) is 21.9 Å². The maximum atomic E-state index is 7.36. The Morgan fingerprint density at radius 1 is 1.41 bits per heavy atom. The molecule has 0 bridgehead atoms. The first-order valence-electron chi connectivity index (χ1n) is 5.75. The maximum Gasteiger partial charge on any atom is 0.317 e. The number of hydrogen-bond acceptors (Lipinski definition) is 4. The highest BCUT2D eigenvalue weighted by molar-refractivity contribution is 5.93. The average Bonchev–Trinajstić information content (AvgIpc) is 2.14. The summed E-state index contributed by atoms with van der Waals surface area (Å²) in [7, 11) is 0. The van der Waals surface area contributed by atoms with Gasteiger partial charge in [-0.3, -0.25) is 5.41 Å². The smallest absolute Gasteiger partial charge is 0.317 e. The lowest BCUT2D eigenvalue weighted by atomic mass is 10.1. The van der Waals surface area contributed by atoms with Gasteiger partial charge >= 0.3 is 6.01 Å². The van der Waals surface area contributed by atoms with Crippen LogP contribution in [0.4, 0.5) is 0 Å². The summed E-state index contributed by atoms with van der Waals surface area (Å²) < 4.78 is 5.62. The number of amidine groups is 1. The first kappa shape index (κ1) is 13.4. The zero-order valence-corrected chi connectivity index (χ0v) is 10.8. The molecule has 17 heavy (non-hydrogen) atoms. The number of aromatic nitrogens is 2. The monoisotopic (exact) mass is 236 g/mol. The van der Waals surface area contributed by atoms with E-state index < -0.39 is 0 Å². The highest BCUT2D eigenvalue weighted by Gasteiger charge is 2.11. The van der Waals surface area contributed by atoms with Crippen LogP contribution in [0.15, 0.2) is 6.07 Å². The summed E-state index contributed by atoms with van der Waals surface area (Å²) in [6.45, 7) is 8.09. The molecule has 5 nitrogen and oxygen atoms in total. The quantitative estimate of drug-likeness (QED) is 0.604. The molecular formula is C12H20N4O. The number of hydrogen-bond donors (Lipinski definition) is 2. The van der Waals surface area contributed by atoms with E-state index in [0.717, 1.165) is 12.1 Å². The van der Waals surface area contributed by atoms with Crippen molar-refractivity contribution >= 4 is 5.84 Å². The predicted molar refractivity (Wildman–Crippen MR) is 67.3 cm³/mol. The standard InChI is InChI=1S/C12H20N4O/c1-7(2)5-9(4)17-12-15-8(3)6-10(16-12)11(13)14/h6-7,9H,5H2,1-4H3,(H3,13,14). The fraction of sp³-hybridized carbons (Fsp3) is 0.583. The Kier molecular flexibility index (Phi) is 4.43. The fourth-order valence-corrected chi connectivity index (χ4v) is 1.62. The zero-order chi connectivity index (χ0) is 13.0. The lowest BCUT2D eigenvalue weighted by molar-refractivity contribution is 0.177. The molecule has 94 valence electrons. The summed E-state index contributed by atoms with van der Waals surface area (Å²) in [4.78, 5) is 8.28. The molecule has 0 aliphatic rings. The molecule has 0 saturated heterocycles. The normalized spacial score (nSPS) is 12.5. The van der Waals surface area contributed by atoms with Crippen molar-refractivity contribution in [3.05, 3.63) is 17.5 Å². The van der Waals surface area contributed by atoms with E-state index in [4.69, 9.17) is 15.9 Å². The first-order valence-corrected chi connectivity index (χ1v) is 5.75. The number of nitrogens with one attached hydrogen (secondary N) is 1. The predicted octanol–water partition coefficient (Wildman–Crippen LogP) is 1.88. The number of nitrogens with two attached hydrogens (primary N) is 1. The number of ether oxygens (including phenoxy) is 1. The second kappa shape index (κ2) is 5.61. The third kappa shape index (κ3) is 4.38. The Morgan fingerprint density at radius 3 is 2.59 bits per heavy atom. The lowest BCUT2D eigenvalue weighted by Crippen LogP contribution is -2.19. The molecule has 0 spiro atoms. The number of aryl methyl sites for hydroxylation is 1. The molecule has 0 aliphatic heterocycles. The van der Waals surface area contributed by atoms with Crippen molar-refractivity contribution in [1.29, 1.82) is 5.41 Å². The largest absolute Gasteiger partial charge is 0.460 e. The van der Waals surface area contributed by atoms with E-state index in [1.807, 2.05) is 13.8 Å². The topological polar surface area (TPSA) is 84.9 Å². The van der Waals surface area contributed by atoms with E-state index in [9.17, 15) is 0 Å². The number of nitrogen functional groups attached to an aromatic ring is 1. The molecule has 1 unspecified atom stereocenters. The third-order valence-corrected chi connectivity index (χ3v) is 2.22. The van der Waals surface area contributed by atoms with Crippen LogP contribution in [0, 0.1) is 18.3 Å². The van der Waals surface area contributed by atoms with Gasteiger partial charge in [-0.05, 0) is 32.3 Å². The molecule has 1 heterocycles. The summed E-state index contributed by atoms with van der Waals surface area (Å²) in [6.07, 6.45) is 0.990. The van der Waals surface area contributed by atoms with Crippen LogP contribution in [0.3, 0.4) is 0 Å². The minimum atomic E-state index is -0.0723. The fourth-order valence-electron chi connectivity index (χ4n) is 1.62. The van der Waals surface area contributed by atoms with E-state index in [1.165, 1.54) is 0 Å². The minimum Gasteiger partial charge on any atom is -0.460 e. The Hall–Kier alpha value is -1.65. The second-order valence-electron chi connectivity index (χ2n) is 4.65. The summed E-state index contributed by atoms with van der Waals surface area (Å²) in [6, 6.07) is 1.96. The molecule has 1 rings (SSSR count). The summed E-state index contributed by atoms with van der Waals surface area (Å²) in [5.74, 6) is 0.485. The van der Waals surface area contributed by atoms with Crippen molar-refractivity contribution in [3.8, 4) is 6.01 Å². The van der Waals surface area contributed by atoms with Crippen molar-refractivity contribution in [1.82, 2.24) is 9.97 Å². The van der Waals surface area contributed by atoms with E-state index in [-0.39, 0.29) is 11.9 Å². The Balaban J connectivity index is 2.80. The molecule has 1 aromatic rings. The van der Waals surface area contributed by atoms with E-state index >= 15 is 0 Å². The van der Waals surface area contributed by atoms with E-state index in [1.54, 1.807) is 6.07 Å². The van der Waals surface area contributed by atoms with Gasteiger partial charge in [0.2, 0.25) is 0 Å². The van der Waals surface area contributed by atoms with Crippen molar-refractivity contribution in [2.24, 2.45) is 11.7 Å². The van der Waals surface area contributed by atoms with Gasteiger partial charge in [0.25, 0.3) is 0 Å². The summed E-state index contributed by atoms with van der Waals surface area (Å²) in [5, 5.41) is 7.36. The summed E-state index contributed by atoms with van der Waals surface area (Å²) in [5.41, 5.74) is 6.55. The van der Waals surface area contributed by atoms with Crippen LogP contribution >= 0.6 is 0 Å². The van der Waals surface area contributed by atoms with Crippen LogP contribution < -0.4 is 10.5 Å². The van der Waals surface area contributed by atoms with Gasteiger partial charge in [0.1, 0.15) is 11.5 Å². The average molecular weight is 236 g/mol. The summed E-state index contributed by atoms with van der Waals surface area (Å²) >= 11 is 0. The third-order valence-electron chi connectivity index (χ3n) is 2.22. The van der Waals surface area contributed by atoms with Crippen molar-refractivity contribution in [3.63, 3.8) is 0 Å². The molecule has 0 radical (unpaired) electrons. The van der Waals surface area contributed by atoms with Gasteiger partial charge in [-0.15, -0.1) is 0 Å². The van der Waals surface area contributed by atoms with Crippen LogP contribution in [0.25, 0.3) is 0 Å². The van der Waals surface area contributed by atoms with Gasteiger partial charge in [-0.25, -0.2) is 4.98 Å². The number of nitrogens with zero attached hydrogens (tertiary/aromatic N) is 2. The van der Waals surface area contributed by atoms with Crippen molar-refractivity contribution < 1.29 is 4.74 Å². The van der Waals surface area contributed by atoms with Gasteiger partial charge in [0.15, 0.2) is 0 Å². The van der Waals surface area contributed by atoms with Crippen LogP contribution in [0.1, 0.15) is 38.6 Å². The minimum absolute atomic E-state index is 0.0524. The van der Waals surface area contributed by atoms with Gasteiger partial charge in [-0.1, -0.05) is 13.8 Å². The SMILES string of the molecule is Cc1cc(C(=N)N)nc(OC(C)CC(C)C)n1. The molecule has 1 atom stereocenters. The Morgan fingerprint density at radius 2 is 2.06 bits per heavy atom. The molecule has 5 heteroatoms. The van der Waals surface area contributed by atoms with Crippen LogP contribution in [0.2, 0.25) is 0 Å². The van der Waals surface area contributed by atoms with Gasteiger partial charge < -0.3 is 10.5 Å². The van der Waals surface area contributed by atoms with Crippen molar-refractivity contribution in [2.75, 3.05) is 0 Å². The highest BCUT2D eigenvalue weighted by atomic mass is 16.5. The molecule has 3 N–H and O–H groups in total. The molecular weight excluding hydrogens is 216 g/mol. The second-order valence-corrected chi connectivity index (χ2v) is 4.65. The molecule has 1 aromatic heterocycles. The van der Waals surface area contributed by atoms with Gasteiger partial charge in [0.05, 0.1) is 6.10 Å². The molecule has 0 aliphatic carbocycles. The van der Waals surface area contributed by atoms with Crippen LogP contribution in [0.5, 0.6) is 6.01 Å². The first-order chi connectivity index (χ1) is 7.88. The Bertz CT molecular complexity index is 403. The van der Waals surface area contributed by atoms with Gasteiger partial charge in [0, 0.05) is 5.69 Å². The maximum absolute atomic E-state index is 7.36. The molecule has 0 fully saturated rings. The molecule has 0 aromatic carbocycles. The number of rotatable bonds is 5. The molecule has 0 saturated carbocycles. The van der Waals surface area contributed by atoms with Crippen LogP contribution in [-0.2, 0) is 0 Å². The zero-order valence-electron chi connectivity index (χ0n) is 10.8. The highest BCUT2D eigenvalue weighted by Crippen LogP contribution is 2.12. The van der Waals surface area contributed by atoms with Crippen molar-refractivity contribution in [2.45, 2.75) is 40.2 Å².